The number of anilines is 2. The predicted octanol–water partition coefficient (Wildman–Crippen LogP) is 5.01. The zero-order valence-corrected chi connectivity index (χ0v) is 23.0. The van der Waals surface area contributed by atoms with Crippen LogP contribution in [0.1, 0.15) is 30.0 Å². The first-order valence-corrected chi connectivity index (χ1v) is 14.2. The van der Waals surface area contributed by atoms with E-state index in [4.69, 9.17) is 0 Å². The van der Waals surface area contributed by atoms with Crippen LogP contribution in [0.4, 0.5) is 25.0 Å². The van der Waals surface area contributed by atoms with Crippen LogP contribution in [0.5, 0.6) is 0 Å². The number of amides is 4. The van der Waals surface area contributed by atoms with Gasteiger partial charge < -0.3 is 15.5 Å². The molecule has 0 radical (unpaired) electrons. The molecule has 41 heavy (non-hydrogen) atoms. The molecule has 3 aliphatic heterocycles. The molecule has 2 aromatic carbocycles. The van der Waals surface area contributed by atoms with E-state index < -0.39 is 29.0 Å². The molecule has 0 bridgehead atoms. The summed E-state index contributed by atoms with van der Waals surface area (Å²) in [7, 11) is 0. The number of carbonyl (C=O) groups excluding carboxylic acids is 3. The lowest BCUT2D eigenvalue weighted by molar-refractivity contribution is -0.129. The number of piperidine rings is 1. The number of thioether (sulfide) groups is 1. The van der Waals surface area contributed by atoms with Crippen molar-refractivity contribution in [1.82, 2.24) is 20.5 Å². The standard InChI is InChI=1S/C30H27F2N5O3S/c1-3-23(38)36-13-5-6-18(15-36)34-28(39)27-26-24-21(11-12-33-29(24)41-27)37(30(40)35-26)22-14-17(10-9-16(22)2)19-7-4-8-20(31)25(19)32/h3-4,7-12,14,18,26-27H,1,5-6,13,15H2,2H3,(H,34,39)(H,35,40)/t18?,26?,27-/m1/s1. The number of pyridine rings is 1. The summed E-state index contributed by atoms with van der Waals surface area (Å²) in [5, 5.41) is 6.04. The fraction of sp³-hybridized carbons (Fsp3) is 0.267. The Bertz CT molecular complexity index is 1600. The van der Waals surface area contributed by atoms with Crippen LogP contribution >= 0.6 is 11.8 Å². The second kappa shape index (κ2) is 10.6. The number of aryl methyl sites for hydroxylation is 1. The van der Waals surface area contributed by atoms with E-state index in [1.54, 1.807) is 35.4 Å². The number of nitrogens with one attached hydrogen (secondary N) is 2. The lowest BCUT2D eigenvalue weighted by Crippen LogP contribution is -2.53. The largest absolute Gasteiger partial charge is 0.351 e. The molecule has 4 amide bonds. The molecule has 8 nitrogen and oxygen atoms in total. The molecule has 4 heterocycles. The summed E-state index contributed by atoms with van der Waals surface area (Å²) in [6, 6.07) is 9.54. The molecular weight excluding hydrogens is 548 g/mol. The highest BCUT2D eigenvalue weighted by molar-refractivity contribution is 8.01. The van der Waals surface area contributed by atoms with Crippen molar-refractivity contribution in [2.45, 2.75) is 42.1 Å². The molecule has 210 valence electrons. The van der Waals surface area contributed by atoms with Gasteiger partial charge in [-0.3, -0.25) is 14.5 Å². The summed E-state index contributed by atoms with van der Waals surface area (Å²) in [5.41, 5.74) is 3.07. The van der Waals surface area contributed by atoms with E-state index in [9.17, 15) is 23.2 Å². The Morgan fingerprint density at radius 2 is 2.02 bits per heavy atom. The van der Waals surface area contributed by atoms with Gasteiger partial charge in [-0.1, -0.05) is 42.6 Å². The maximum atomic E-state index is 14.6. The monoisotopic (exact) mass is 575 g/mol. The van der Waals surface area contributed by atoms with Gasteiger partial charge in [0.05, 0.1) is 17.4 Å². The number of nitrogens with zero attached hydrogens (tertiary/aromatic N) is 3. The van der Waals surface area contributed by atoms with Crippen molar-refractivity contribution in [2.75, 3.05) is 18.0 Å². The molecule has 6 rings (SSSR count). The SMILES string of the molecule is C=CC(=O)N1CCCC(NC(=O)[C@@H]2Sc3nccc4c3C2NC(=O)N4c2cc(-c3cccc(F)c3F)ccc2C)C1. The van der Waals surface area contributed by atoms with Crippen LogP contribution in [-0.2, 0) is 9.59 Å². The van der Waals surface area contributed by atoms with Gasteiger partial charge in [-0.2, -0.15) is 0 Å². The number of hydrogen-bond acceptors (Lipinski definition) is 5. The van der Waals surface area contributed by atoms with Crippen LogP contribution in [-0.4, -0.2) is 52.1 Å². The second-order valence-corrected chi connectivity index (χ2v) is 11.4. The number of urea groups is 1. The van der Waals surface area contributed by atoms with Crippen molar-refractivity contribution in [1.29, 1.82) is 0 Å². The third-order valence-electron chi connectivity index (χ3n) is 7.73. The maximum Gasteiger partial charge on any atom is 0.327 e. The molecule has 0 aliphatic carbocycles. The number of halogens is 2. The third kappa shape index (κ3) is 4.73. The number of benzene rings is 2. The normalized spacial score (nSPS) is 21.2. The Kier molecular flexibility index (Phi) is 6.98. The van der Waals surface area contributed by atoms with Gasteiger partial charge in [-0.15, -0.1) is 0 Å². The average Bonchev–Trinajstić information content (AvgIpc) is 3.34. The molecule has 1 fully saturated rings. The zero-order chi connectivity index (χ0) is 28.8. The van der Waals surface area contributed by atoms with E-state index in [0.717, 1.165) is 30.0 Å². The van der Waals surface area contributed by atoms with E-state index in [2.05, 4.69) is 22.2 Å². The molecule has 11 heteroatoms. The summed E-state index contributed by atoms with van der Waals surface area (Å²) in [6.45, 7) is 6.40. The first-order chi connectivity index (χ1) is 19.8. The second-order valence-electron chi connectivity index (χ2n) is 10.3. The van der Waals surface area contributed by atoms with Gasteiger partial charge in [0, 0.05) is 36.5 Å². The van der Waals surface area contributed by atoms with Crippen molar-refractivity contribution in [3.8, 4) is 11.1 Å². The van der Waals surface area contributed by atoms with Crippen LogP contribution in [0.25, 0.3) is 11.1 Å². The average molecular weight is 576 g/mol. The highest BCUT2D eigenvalue weighted by Gasteiger charge is 2.47. The number of likely N-dealkylation sites (tertiary alicyclic amines) is 1. The third-order valence-corrected chi connectivity index (χ3v) is 9.02. The van der Waals surface area contributed by atoms with Gasteiger partial charge in [-0.05, 0) is 55.2 Å². The molecular formula is C30H27F2N5O3S. The molecule has 3 atom stereocenters. The molecule has 2 N–H and O–H groups in total. The van der Waals surface area contributed by atoms with E-state index in [-0.39, 0.29) is 23.4 Å². The fourth-order valence-electron chi connectivity index (χ4n) is 5.72. The summed E-state index contributed by atoms with van der Waals surface area (Å²) in [6.07, 6.45) is 4.37. The lowest BCUT2D eigenvalue weighted by atomic mass is 9.97. The van der Waals surface area contributed by atoms with Crippen molar-refractivity contribution in [2.24, 2.45) is 0 Å². The van der Waals surface area contributed by atoms with Crippen molar-refractivity contribution in [3.63, 3.8) is 0 Å². The minimum atomic E-state index is -0.963. The van der Waals surface area contributed by atoms with Crippen LogP contribution in [0.15, 0.2) is 66.3 Å². The molecule has 0 saturated carbocycles. The Labute approximate surface area is 239 Å². The highest BCUT2D eigenvalue weighted by atomic mass is 32.2. The number of aromatic nitrogens is 1. The highest BCUT2D eigenvalue weighted by Crippen LogP contribution is 2.51. The Hall–Kier alpha value is -4.25. The number of carbonyl (C=O) groups is 3. The molecule has 1 saturated heterocycles. The van der Waals surface area contributed by atoms with Crippen LogP contribution in [0, 0.1) is 18.6 Å². The Morgan fingerprint density at radius 3 is 2.83 bits per heavy atom. The molecule has 3 aromatic rings. The topological polar surface area (TPSA) is 94.6 Å². The lowest BCUT2D eigenvalue weighted by Gasteiger charge is -2.36. The molecule has 2 unspecified atom stereocenters. The maximum absolute atomic E-state index is 14.6. The minimum Gasteiger partial charge on any atom is -0.351 e. The van der Waals surface area contributed by atoms with Crippen molar-refractivity contribution < 1.29 is 23.2 Å². The van der Waals surface area contributed by atoms with Gasteiger partial charge in [0.2, 0.25) is 11.8 Å². The first kappa shape index (κ1) is 26.9. The minimum absolute atomic E-state index is 0.0878. The molecule has 0 spiro atoms. The zero-order valence-electron chi connectivity index (χ0n) is 22.2. The van der Waals surface area contributed by atoms with E-state index >= 15 is 0 Å². The smallest absolute Gasteiger partial charge is 0.327 e. The molecule has 1 aromatic heterocycles. The summed E-state index contributed by atoms with van der Waals surface area (Å²) in [5.74, 6) is -2.32. The summed E-state index contributed by atoms with van der Waals surface area (Å²) in [4.78, 5) is 46.9. The Balaban J connectivity index is 1.30. The van der Waals surface area contributed by atoms with Gasteiger partial charge >= 0.3 is 6.03 Å². The van der Waals surface area contributed by atoms with Crippen molar-refractivity contribution in [3.05, 3.63) is 84.1 Å². The number of hydrogen-bond donors (Lipinski definition) is 2. The van der Waals surface area contributed by atoms with Gasteiger partial charge in [0.25, 0.3) is 0 Å². The van der Waals surface area contributed by atoms with Crippen LogP contribution < -0.4 is 15.5 Å². The van der Waals surface area contributed by atoms with E-state index in [0.29, 0.717) is 35.1 Å². The fourth-order valence-corrected chi connectivity index (χ4v) is 6.95. The van der Waals surface area contributed by atoms with Crippen molar-refractivity contribution >= 4 is 41.0 Å². The first-order valence-electron chi connectivity index (χ1n) is 13.3. The van der Waals surface area contributed by atoms with Crippen LogP contribution in [0.3, 0.4) is 0 Å². The molecule has 3 aliphatic rings. The van der Waals surface area contributed by atoms with Crippen LogP contribution in [0.2, 0.25) is 0 Å². The van der Waals surface area contributed by atoms with Gasteiger partial charge in [0.1, 0.15) is 10.3 Å². The summed E-state index contributed by atoms with van der Waals surface area (Å²) < 4.78 is 28.6. The van der Waals surface area contributed by atoms with E-state index in [1.165, 1.54) is 34.9 Å². The Morgan fingerprint density at radius 1 is 1.20 bits per heavy atom. The van der Waals surface area contributed by atoms with Gasteiger partial charge in [-0.25, -0.2) is 18.6 Å². The quantitative estimate of drug-likeness (QED) is 0.418. The van der Waals surface area contributed by atoms with Gasteiger partial charge in [0.15, 0.2) is 11.6 Å². The predicted molar refractivity (Wildman–Crippen MR) is 152 cm³/mol. The van der Waals surface area contributed by atoms with E-state index in [1.807, 2.05) is 6.92 Å². The number of rotatable bonds is 5. The summed E-state index contributed by atoms with van der Waals surface area (Å²) >= 11 is 1.29.